The zero-order chi connectivity index (χ0) is 16.4. The molecule has 118 valence electrons. The maximum atomic E-state index is 13.6. The SMILES string of the molecule is CNC(=O)CN1C(=O)C(c2ccccc2)Nc2cc(F)ccc21. The first-order chi connectivity index (χ1) is 11.1. The van der Waals surface area contributed by atoms with Crippen LogP contribution < -0.4 is 15.5 Å². The molecule has 0 aliphatic carbocycles. The Kier molecular flexibility index (Phi) is 3.97. The van der Waals surface area contributed by atoms with Crippen molar-refractivity contribution < 1.29 is 14.0 Å². The van der Waals surface area contributed by atoms with E-state index in [0.717, 1.165) is 5.56 Å². The average molecular weight is 313 g/mol. The Balaban J connectivity index is 2.04. The van der Waals surface area contributed by atoms with Gasteiger partial charge in [-0.1, -0.05) is 30.3 Å². The van der Waals surface area contributed by atoms with Crippen LogP contribution in [-0.2, 0) is 9.59 Å². The molecule has 1 aliphatic heterocycles. The highest BCUT2D eigenvalue weighted by Gasteiger charge is 2.34. The molecule has 1 unspecified atom stereocenters. The molecule has 6 heteroatoms. The summed E-state index contributed by atoms with van der Waals surface area (Å²) in [4.78, 5) is 25.9. The number of likely N-dealkylation sites (N-methyl/N-ethyl adjacent to an activating group) is 1. The molecule has 0 aromatic heterocycles. The first-order valence-electron chi connectivity index (χ1n) is 7.23. The summed E-state index contributed by atoms with van der Waals surface area (Å²) in [5.74, 6) is -0.946. The average Bonchev–Trinajstić information content (AvgIpc) is 2.57. The van der Waals surface area contributed by atoms with Gasteiger partial charge < -0.3 is 10.6 Å². The third kappa shape index (κ3) is 2.88. The van der Waals surface area contributed by atoms with Crippen molar-refractivity contribution >= 4 is 23.2 Å². The second-order valence-electron chi connectivity index (χ2n) is 5.25. The van der Waals surface area contributed by atoms with E-state index in [1.807, 2.05) is 30.3 Å². The molecule has 1 aliphatic rings. The lowest BCUT2D eigenvalue weighted by Gasteiger charge is -2.35. The van der Waals surface area contributed by atoms with Crippen LogP contribution in [0.15, 0.2) is 48.5 Å². The second kappa shape index (κ2) is 6.08. The summed E-state index contributed by atoms with van der Waals surface area (Å²) >= 11 is 0. The van der Waals surface area contributed by atoms with Crippen LogP contribution in [0.25, 0.3) is 0 Å². The van der Waals surface area contributed by atoms with Gasteiger partial charge in [-0.05, 0) is 23.8 Å². The number of nitrogens with one attached hydrogen (secondary N) is 2. The number of halogens is 1. The van der Waals surface area contributed by atoms with Crippen LogP contribution in [0.1, 0.15) is 11.6 Å². The lowest BCUT2D eigenvalue weighted by Crippen LogP contribution is -2.46. The smallest absolute Gasteiger partial charge is 0.254 e. The number of fused-ring (bicyclic) bond motifs is 1. The standard InChI is InChI=1S/C17H16FN3O2/c1-19-15(22)10-21-14-8-7-12(18)9-13(14)20-16(17(21)23)11-5-3-2-4-6-11/h2-9,16,20H,10H2,1H3,(H,19,22). The Hall–Kier alpha value is -2.89. The van der Waals surface area contributed by atoms with Crippen LogP contribution >= 0.6 is 0 Å². The predicted octanol–water partition coefficient (Wildman–Crippen LogP) is 2.07. The van der Waals surface area contributed by atoms with Gasteiger partial charge >= 0.3 is 0 Å². The zero-order valence-corrected chi connectivity index (χ0v) is 12.5. The summed E-state index contributed by atoms with van der Waals surface area (Å²) in [6.45, 7) is -0.112. The number of nitrogens with zero attached hydrogens (tertiary/aromatic N) is 1. The molecule has 2 amide bonds. The van der Waals surface area contributed by atoms with Gasteiger partial charge in [-0.25, -0.2) is 4.39 Å². The van der Waals surface area contributed by atoms with Crippen molar-refractivity contribution in [3.63, 3.8) is 0 Å². The van der Waals surface area contributed by atoms with Crippen molar-refractivity contribution in [2.45, 2.75) is 6.04 Å². The second-order valence-corrected chi connectivity index (χ2v) is 5.25. The van der Waals surface area contributed by atoms with Crippen LogP contribution in [-0.4, -0.2) is 25.4 Å². The van der Waals surface area contributed by atoms with Crippen LogP contribution in [0.2, 0.25) is 0 Å². The van der Waals surface area contributed by atoms with Gasteiger partial charge in [0.1, 0.15) is 18.4 Å². The summed E-state index contributed by atoms with van der Waals surface area (Å²) < 4.78 is 13.6. The number of benzene rings is 2. The number of hydrogen-bond acceptors (Lipinski definition) is 3. The fourth-order valence-corrected chi connectivity index (χ4v) is 2.61. The Labute approximate surface area is 133 Å². The Morgan fingerprint density at radius 3 is 2.70 bits per heavy atom. The van der Waals surface area contributed by atoms with E-state index in [1.165, 1.54) is 30.1 Å². The molecule has 0 radical (unpaired) electrons. The number of carbonyl (C=O) groups excluding carboxylic acids is 2. The number of hydrogen-bond donors (Lipinski definition) is 2. The van der Waals surface area contributed by atoms with Gasteiger partial charge in [0, 0.05) is 7.05 Å². The van der Waals surface area contributed by atoms with E-state index < -0.39 is 11.9 Å². The lowest BCUT2D eigenvalue weighted by atomic mass is 10.0. The summed E-state index contributed by atoms with van der Waals surface area (Å²) in [7, 11) is 1.51. The number of amides is 2. The van der Waals surface area contributed by atoms with Gasteiger partial charge in [0.15, 0.2) is 0 Å². The molecule has 0 fully saturated rings. The maximum Gasteiger partial charge on any atom is 0.254 e. The minimum atomic E-state index is -0.657. The predicted molar refractivity (Wildman–Crippen MR) is 85.6 cm³/mol. The minimum absolute atomic E-state index is 0.112. The molecule has 0 bridgehead atoms. The normalized spacial score (nSPS) is 16.5. The molecule has 2 aromatic rings. The van der Waals surface area contributed by atoms with E-state index >= 15 is 0 Å². The topological polar surface area (TPSA) is 61.4 Å². The number of carbonyl (C=O) groups is 2. The molecule has 5 nitrogen and oxygen atoms in total. The molecular weight excluding hydrogens is 297 g/mol. The van der Waals surface area contributed by atoms with Gasteiger partial charge in [0.2, 0.25) is 5.91 Å². The lowest BCUT2D eigenvalue weighted by molar-refractivity contribution is -0.124. The first kappa shape index (κ1) is 15.0. The van der Waals surface area contributed by atoms with E-state index in [0.29, 0.717) is 11.4 Å². The third-order valence-electron chi connectivity index (χ3n) is 3.78. The van der Waals surface area contributed by atoms with Crippen molar-refractivity contribution in [3.05, 3.63) is 59.9 Å². The molecule has 3 rings (SSSR count). The summed E-state index contributed by atoms with van der Waals surface area (Å²) in [5.41, 5.74) is 1.74. The number of rotatable bonds is 3. The van der Waals surface area contributed by atoms with Crippen molar-refractivity contribution in [2.75, 3.05) is 23.8 Å². The summed E-state index contributed by atoms with van der Waals surface area (Å²) in [6.07, 6.45) is 0. The molecule has 0 saturated carbocycles. The summed E-state index contributed by atoms with van der Waals surface area (Å²) in [6, 6.07) is 12.6. The highest BCUT2D eigenvalue weighted by atomic mass is 19.1. The summed E-state index contributed by atoms with van der Waals surface area (Å²) in [5, 5.41) is 5.56. The Morgan fingerprint density at radius 2 is 2.00 bits per heavy atom. The highest BCUT2D eigenvalue weighted by Crippen LogP contribution is 2.36. The van der Waals surface area contributed by atoms with Crippen molar-refractivity contribution in [1.29, 1.82) is 0 Å². The van der Waals surface area contributed by atoms with Crippen LogP contribution in [0.5, 0.6) is 0 Å². The van der Waals surface area contributed by atoms with Gasteiger partial charge in [-0.15, -0.1) is 0 Å². The number of anilines is 2. The molecular formula is C17H16FN3O2. The highest BCUT2D eigenvalue weighted by molar-refractivity contribution is 6.08. The van der Waals surface area contributed by atoms with E-state index in [-0.39, 0.29) is 18.4 Å². The first-order valence-corrected chi connectivity index (χ1v) is 7.23. The van der Waals surface area contributed by atoms with Crippen molar-refractivity contribution in [3.8, 4) is 0 Å². The molecule has 1 heterocycles. The molecule has 0 spiro atoms. The van der Waals surface area contributed by atoms with E-state index in [4.69, 9.17) is 0 Å². The third-order valence-corrected chi connectivity index (χ3v) is 3.78. The van der Waals surface area contributed by atoms with Crippen LogP contribution in [0.3, 0.4) is 0 Å². The van der Waals surface area contributed by atoms with Crippen LogP contribution in [0.4, 0.5) is 15.8 Å². The largest absolute Gasteiger partial charge is 0.368 e. The monoisotopic (exact) mass is 313 g/mol. The van der Waals surface area contributed by atoms with Gasteiger partial charge in [0.05, 0.1) is 11.4 Å². The fourth-order valence-electron chi connectivity index (χ4n) is 2.61. The fraction of sp³-hybridized carbons (Fsp3) is 0.176. The Bertz CT molecular complexity index is 749. The molecule has 2 N–H and O–H groups in total. The van der Waals surface area contributed by atoms with E-state index in [2.05, 4.69) is 10.6 Å². The van der Waals surface area contributed by atoms with Crippen molar-refractivity contribution in [2.24, 2.45) is 0 Å². The Morgan fingerprint density at radius 1 is 1.26 bits per heavy atom. The van der Waals surface area contributed by atoms with E-state index in [1.54, 1.807) is 0 Å². The molecule has 23 heavy (non-hydrogen) atoms. The van der Waals surface area contributed by atoms with E-state index in [9.17, 15) is 14.0 Å². The van der Waals surface area contributed by atoms with Crippen molar-refractivity contribution in [1.82, 2.24) is 5.32 Å². The van der Waals surface area contributed by atoms with Gasteiger partial charge in [-0.2, -0.15) is 0 Å². The molecule has 0 saturated heterocycles. The quantitative estimate of drug-likeness (QED) is 0.912. The maximum absolute atomic E-state index is 13.6. The molecule has 1 atom stereocenters. The van der Waals surface area contributed by atoms with Gasteiger partial charge in [0.25, 0.3) is 5.91 Å². The minimum Gasteiger partial charge on any atom is -0.368 e. The van der Waals surface area contributed by atoms with Gasteiger partial charge in [-0.3, -0.25) is 14.5 Å². The molecule has 2 aromatic carbocycles. The zero-order valence-electron chi connectivity index (χ0n) is 12.5. The van der Waals surface area contributed by atoms with Crippen LogP contribution in [0, 0.1) is 5.82 Å².